The van der Waals surface area contributed by atoms with Crippen LogP contribution in [0, 0.1) is 0 Å². The summed E-state index contributed by atoms with van der Waals surface area (Å²) in [6, 6.07) is 9.20. The Labute approximate surface area is 151 Å². The molecule has 5 heteroatoms. The quantitative estimate of drug-likeness (QED) is 0.788. The van der Waals surface area contributed by atoms with Gasteiger partial charge in [0, 0.05) is 25.7 Å². The molecule has 1 aromatic carbocycles. The van der Waals surface area contributed by atoms with Crippen LogP contribution in [0.4, 0.5) is 0 Å². The van der Waals surface area contributed by atoms with E-state index in [9.17, 15) is 4.79 Å². The van der Waals surface area contributed by atoms with Gasteiger partial charge in [-0.3, -0.25) is 14.6 Å². The minimum atomic E-state index is 0.123. The van der Waals surface area contributed by atoms with Gasteiger partial charge in [0.15, 0.2) is 0 Å². The van der Waals surface area contributed by atoms with Crippen LogP contribution in [0.3, 0.4) is 0 Å². The van der Waals surface area contributed by atoms with Crippen molar-refractivity contribution in [3.63, 3.8) is 0 Å². The molecule has 1 atom stereocenters. The highest BCUT2D eigenvalue weighted by atomic mass is 16.2. The second kappa shape index (κ2) is 9.32. The maximum absolute atomic E-state index is 12.2. The number of benzene rings is 1. The van der Waals surface area contributed by atoms with Crippen molar-refractivity contribution in [1.82, 2.24) is 20.4 Å². The number of nitrogens with one attached hydrogen (secondary N) is 2. The van der Waals surface area contributed by atoms with Crippen LogP contribution < -0.4 is 10.6 Å². The van der Waals surface area contributed by atoms with Gasteiger partial charge >= 0.3 is 0 Å². The summed E-state index contributed by atoms with van der Waals surface area (Å²) >= 11 is 0. The fourth-order valence-corrected chi connectivity index (χ4v) is 3.86. The van der Waals surface area contributed by atoms with Crippen molar-refractivity contribution in [2.75, 3.05) is 39.8 Å². The van der Waals surface area contributed by atoms with E-state index >= 15 is 0 Å². The largest absolute Gasteiger partial charge is 0.351 e. The molecule has 138 valence electrons. The first-order valence-electron chi connectivity index (χ1n) is 9.69. The van der Waals surface area contributed by atoms with E-state index in [2.05, 4.69) is 44.7 Å². The van der Waals surface area contributed by atoms with Gasteiger partial charge in [0.2, 0.25) is 5.91 Å². The third-order valence-electron chi connectivity index (χ3n) is 5.40. The van der Waals surface area contributed by atoms with Crippen molar-refractivity contribution in [3.05, 3.63) is 35.4 Å². The molecule has 1 amide bonds. The summed E-state index contributed by atoms with van der Waals surface area (Å²) in [7, 11) is 2.00. The fourth-order valence-electron chi connectivity index (χ4n) is 3.86. The average Bonchev–Trinajstić information content (AvgIpc) is 3.14. The predicted octanol–water partition coefficient (Wildman–Crippen LogP) is 1.58. The lowest BCUT2D eigenvalue weighted by Crippen LogP contribution is -2.47. The summed E-state index contributed by atoms with van der Waals surface area (Å²) in [6.45, 7) is 6.61. The van der Waals surface area contributed by atoms with E-state index in [1.165, 1.54) is 43.5 Å². The van der Waals surface area contributed by atoms with Gasteiger partial charge < -0.3 is 10.6 Å². The number of carbonyl (C=O) groups is 1. The van der Waals surface area contributed by atoms with Crippen molar-refractivity contribution >= 4 is 5.91 Å². The number of carbonyl (C=O) groups excluding carboxylic acids is 1. The lowest BCUT2D eigenvalue weighted by Gasteiger charge is -2.31. The lowest BCUT2D eigenvalue weighted by molar-refractivity contribution is -0.122. The van der Waals surface area contributed by atoms with Gasteiger partial charge in [-0.1, -0.05) is 24.3 Å². The topological polar surface area (TPSA) is 47.6 Å². The van der Waals surface area contributed by atoms with Gasteiger partial charge in [-0.2, -0.15) is 0 Å². The predicted molar refractivity (Wildman–Crippen MR) is 101 cm³/mol. The van der Waals surface area contributed by atoms with Crippen molar-refractivity contribution < 1.29 is 4.79 Å². The van der Waals surface area contributed by atoms with Crippen molar-refractivity contribution in [1.29, 1.82) is 0 Å². The molecular formula is C20H32N4O. The van der Waals surface area contributed by atoms with E-state index in [-0.39, 0.29) is 5.91 Å². The molecule has 25 heavy (non-hydrogen) atoms. The zero-order chi connectivity index (χ0) is 17.5. The minimum absolute atomic E-state index is 0.123. The van der Waals surface area contributed by atoms with Crippen LogP contribution in [0.25, 0.3) is 0 Å². The SMILES string of the molecule is CNC1CCCN(CC(=O)NCc2ccc(CN3CCCC3)cc2)C1. The summed E-state index contributed by atoms with van der Waals surface area (Å²) in [6.07, 6.45) is 5.03. The first-order valence-corrected chi connectivity index (χ1v) is 9.69. The molecule has 1 unspecified atom stereocenters. The van der Waals surface area contributed by atoms with Crippen molar-refractivity contribution in [2.24, 2.45) is 0 Å². The number of likely N-dealkylation sites (tertiary alicyclic amines) is 2. The Balaban J connectivity index is 1.39. The Morgan fingerprint density at radius 2 is 1.72 bits per heavy atom. The normalized spacial score (nSPS) is 22.2. The third kappa shape index (κ3) is 5.80. The molecule has 0 aliphatic carbocycles. The van der Waals surface area contributed by atoms with E-state index < -0.39 is 0 Å². The Morgan fingerprint density at radius 3 is 2.44 bits per heavy atom. The Hall–Kier alpha value is -1.43. The number of amides is 1. The molecular weight excluding hydrogens is 312 g/mol. The zero-order valence-corrected chi connectivity index (χ0v) is 15.5. The number of likely N-dealkylation sites (N-methyl/N-ethyl adjacent to an activating group) is 1. The number of nitrogens with zero attached hydrogens (tertiary/aromatic N) is 2. The maximum atomic E-state index is 12.2. The first kappa shape index (κ1) is 18.4. The molecule has 2 aliphatic rings. The van der Waals surface area contributed by atoms with Crippen LogP contribution in [-0.2, 0) is 17.9 Å². The lowest BCUT2D eigenvalue weighted by atomic mass is 10.1. The molecule has 2 fully saturated rings. The van der Waals surface area contributed by atoms with E-state index in [0.717, 1.165) is 26.1 Å². The van der Waals surface area contributed by atoms with E-state index in [1.54, 1.807) is 0 Å². The molecule has 1 aromatic rings. The second-order valence-corrected chi connectivity index (χ2v) is 7.44. The number of rotatable bonds is 7. The number of hydrogen-bond donors (Lipinski definition) is 2. The number of piperidine rings is 1. The van der Waals surface area contributed by atoms with Crippen LogP contribution in [0.1, 0.15) is 36.8 Å². The molecule has 0 spiro atoms. The van der Waals surface area contributed by atoms with Gasteiger partial charge in [-0.25, -0.2) is 0 Å². The number of hydrogen-bond acceptors (Lipinski definition) is 4. The molecule has 5 nitrogen and oxygen atoms in total. The van der Waals surface area contributed by atoms with Crippen molar-refractivity contribution in [3.8, 4) is 0 Å². The van der Waals surface area contributed by atoms with Gasteiger partial charge in [0.1, 0.15) is 0 Å². The average molecular weight is 345 g/mol. The van der Waals surface area contributed by atoms with Crippen LogP contribution >= 0.6 is 0 Å². The van der Waals surface area contributed by atoms with Gasteiger partial charge in [-0.15, -0.1) is 0 Å². The molecule has 2 N–H and O–H groups in total. The molecule has 0 radical (unpaired) electrons. The summed E-state index contributed by atoms with van der Waals surface area (Å²) in [4.78, 5) is 17.0. The standard InChI is InChI=1S/C20H32N4O/c1-21-19-5-4-12-24(15-19)16-20(25)22-13-17-6-8-18(9-7-17)14-23-10-2-3-11-23/h6-9,19,21H,2-5,10-16H2,1H3,(H,22,25). The second-order valence-electron chi connectivity index (χ2n) is 7.44. The highest BCUT2D eigenvalue weighted by Crippen LogP contribution is 2.13. The highest BCUT2D eigenvalue weighted by Gasteiger charge is 2.20. The highest BCUT2D eigenvalue weighted by molar-refractivity contribution is 5.78. The zero-order valence-electron chi connectivity index (χ0n) is 15.5. The Kier molecular flexibility index (Phi) is 6.84. The van der Waals surface area contributed by atoms with Gasteiger partial charge in [0.05, 0.1) is 6.54 Å². The summed E-state index contributed by atoms with van der Waals surface area (Å²) in [5.41, 5.74) is 2.54. The fraction of sp³-hybridized carbons (Fsp3) is 0.650. The Bertz CT molecular complexity index is 539. The smallest absolute Gasteiger partial charge is 0.234 e. The van der Waals surface area contributed by atoms with Crippen LogP contribution in [0.15, 0.2) is 24.3 Å². The van der Waals surface area contributed by atoms with Crippen LogP contribution in [-0.4, -0.2) is 61.5 Å². The molecule has 0 aromatic heterocycles. The van der Waals surface area contributed by atoms with E-state index in [1.807, 2.05) is 7.05 Å². The van der Waals surface area contributed by atoms with Gasteiger partial charge in [-0.05, 0) is 63.5 Å². The molecule has 0 saturated carbocycles. The van der Waals surface area contributed by atoms with Crippen LogP contribution in [0.5, 0.6) is 0 Å². The summed E-state index contributed by atoms with van der Waals surface area (Å²) < 4.78 is 0. The molecule has 2 heterocycles. The van der Waals surface area contributed by atoms with Crippen molar-refractivity contribution in [2.45, 2.75) is 44.8 Å². The van der Waals surface area contributed by atoms with Crippen LogP contribution in [0.2, 0.25) is 0 Å². The first-order chi connectivity index (χ1) is 12.2. The third-order valence-corrected chi connectivity index (χ3v) is 5.40. The molecule has 3 rings (SSSR count). The Morgan fingerprint density at radius 1 is 1.04 bits per heavy atom. The molecule has 2 aliphatic heterocycles. The maximum Gasteiger partial charge on any atom is 0.234 e. The monoisotopic (exact) mass is 344 g/mol. The minimum Gasteiger partial charge on any atom is -0.351 e. The van der Waals surface area contributed by atoms with E-state index in [0.29, 0.717) is 19.1 Å². The van der Waals surface area contributed by atoms with Gasteiger partial charge in [0.25, 0.3) is 0 Å². The summed E-state index contributed by atoms with van der Waals surface area (Å²) in [5, 5.41) is 6.38. The molecule has 2 saturated heterocycles. The summed E-state index contributed by atoms with van der Waals surface area (Å²) in [5.74, 6) is 0.123. The van der Waals surface area contributed by atoms with E-state index in [4.69, 9.17) is 0 Å². The molecule has 0 bridgehead atoms.